The largest absolute Gasteiger partial charge is 1.00 e. The summed E-state index contributed by atoms with van der Waals surface area (Å²) in [6, 6.07) is 0. The minimum atomic E-state index is 0. The van der Waals surface area contributed by atoms with Crippen LogP contribution < -0.4 is 29.6 Å². The molecule has 2 nitrogen and oxygen atoms in total. The summed E-state index contributed by atoms with van der Waals surface area (Å²) in [7, 11) is 7.37. The first-order valence-corrected chi connectivity index (χ1v) is 4.74. The fraction of sp³-hybridized carbons (Fsp3) is 0.667. The van der Waals surface area contributed by atoms with Crippen LogP contribution in [0, 0.1) is 0 Å². The Bertz CT molecular complexity index is 143. The molecule has 0 atom stereocenters. The third-order valence-corrected chi connectivity index (χ3v) is 2.24. The molecule has 0 N–H and O–H groups in total. The Morgan fingerprint density at radius 1 is 1.08 bits per heavy atom. The monoisotopic (exact) mass is 264 g/mol. The van der Waals surface area contributed by atoms with Crippen molar-refractivity contribution in [3.05, 3.63) is 0 Å². The number of rotatable bonds is 0. The van der Waals surface area contributed by atoms with E-state index in [0.29, 0.717) is 8.64 Å². The summed E-state index contributed by atoms with van der Waals surface area (Å²) in [5.74, 6) is 0. The maximum absolute atomic E-state index is 4.61. The van der Waals surface area contributed by atoms with Crippen molar-refractivity contribution < 1.29 is 29.6 Å². The van der Waals surface area contributed by atoms with Crippen molar-refractivity contribution in [2.24, 2.45) is 0 Å². The summed E-state index contributed by atoms with van der Waals surface area (Å²) in [5.41, 5.74) is 0. The minimum Gasteiger partial charge on any atom is -0.411 e. The number of thiol groups is 1. The Morgan fingerprint density at radius 2 is 1.23 bits per heavy atom. The van der Waals surface area contributed by atoms with Gasteiger partial charge in [0.15, 0.2) is 0 Å². The molecule has 0 saturated carbocycles. The van der Waals surface area contributed by atoms with E-state index in [9.17, 15) is 0 Å². The van der Waals surface area contributed by atoms with Crippen molar-refractivity contribution in [1.29, 1.82) is 0 Å². The molecule has 0 aliphatic heterocycles. The Balaban J connectivity index is -0.000000143. The van der Waals surface area contributed by atoms with Gasteiger partial charge in [0.1, 0.15) is 4.32 Å². The molecule has 13 heavy (non-hydrogen) atoms. The van der Waals surface area contributed by atoms with E-state index in [1.807, 2.05) is 28.2 Å². The van der Waals surface area contributed by atoms with Gasteiger partial charge in [-0.1, -0.05) is 16.5 Å². The van der Waals surface area contributed by atoms with Gasteiger partial charge in [-0.2, -0.15) is 0 Å². The van der Waals surface area contributed by atoms with Crippen LogP contribution in [0.2, 0.25) is 0 Å². The van der Waals surface area contributed by atoms with Crippen LogP contribution in [0.3, 0.4) is 0 Å². The Labute approximate surface area is 125 Å². The van der Waals surface area contributed by atoms with Crippen molar-refractivity contribution in [2.75, 3.05) is 28.2 Å². The van der Waals surface area contributed by atoms with Crippen LogP contribution in [0.4, 0.5) is 0 Å². The molecule has 0 unspecified atom stereocenters. The van der Waals surface area contributed by atoms with E-state index in [1.165, 1.54) is 0 Å². The van der Waals surface area contributed by atoms with Crippen LogP contribution in [-0.2, 0) is 12.6 Å². The molecular formula is C6H13N2NaS4. The van der Waals surface area contributed by atoms with Crippen molar-refractivity contribution in [1.82, 2.24) is 9.80 Å². The smallest absolute Gasteiger partial charge is 0.411 e. The van der Waals surface area contributed by atoms with Crippen LogP contribution in [0.5, 0.6) is 0 Å². The Morgan fingerprint density at radius 3 is 1.23 bits per heavy atom. The zero-order valence-corrected chi connectivity index (χ0v) is 13.9. The van der Waals surface area contributed by atoms with Gasteiger partial charge in [0.2, 0.25) is 0 Å². The van der Waals surface area contributed by atoms with E-state index in [4.69, 9.17) is 0 Å². The van der Waals surface area contributed by atoms with Gasteiger partial charge in [0, 0.05) is 28.2 Å². The van der Waals surface area contributed by atoms with Gasteiger partial charge in [0.25, 0.3) is 0 Å². The van der Waals surface area contributed by atoms with Gasteiger partial charge < -0.3 is 34.6 Å². The van der Waals surface area contributed by atoms with E-state index in [1.54, 1.807) is 9.80 Å². The van der Waals surface area contributed by atoms with Crippen molar-refractivity contribution >= 4 is 58.3 Å². The molecule has 0 aromatic rings. The van der Waals surface area contributed by atoms with Crippen LogP contribution in [0.25, 0.3) is 0 Å². The maximum atomic E-state index is 4.61. The van der Waals surface area contributed by atoms with Gasteiger partial charge in [-0.15, -0.1) is 12.6 Å². The molecule has 0 heterocycles. The zero-order valence-electron chi connectivity index (χ0n) is 8.57. The molecule has 0 aliphatic rings. The van der Waals surface area contributed by atoms with Crippen molar-refractivity contribution in [3.63, 3.8) is 0 Å². The average Bonchev–Trinajstić information content (AvgIpc) is 1.88. The second-order valence-corrected chi connectivity index (χ2v) is 4.48. The number of hydrogen-bond donors (Lipinski definition) is 1. The topological polar surface area (TPSA) is 6.48 Å². The number of nitrogens with zero attached hydrogens (tertiary/aromatic N) is 2. The van der Waals surface area contributed by atoms with Gasteiger partial charge in [0.05, 0.1) is 0 Å². The summed E-state index contributed by atoms with van der Waals surface area (Å²) in [4.78, 5) is 3.48. The molecule has 0 radical (unpaired) electrons. The first-order valence-electron chi connectivity index (χ1n) is 3.07. The van der Waals surface area contributed by atoms with E-state index >= 15 is 0 Å². The molecule has 0 saturated heterocycles. The minimum absolute atomic E-state index is 0. The van der Waals surface area contributed by atoms with Crippen molar-refractivity contribution in [3.8, 4) is 0 Å². The summed E-state index contributed by atoms with van der Waals surface area (Å²) < 4.78 is 1.13. The van der Waals surface area contributed by atoms with Crippen molar-refractivity contribution in [2.45, 2.75) is 0 Å². The maximum Gasteiger partial charge on any atom is 1.00 e. The van der Waals surface area contributed by atoms with E-state index in [0.717, 1.165) is 0 Å². The summed E-state index contributed by atoms with van der Waals surface area (Å²) in [6.07, 6.45) is 0. The second kappa shape index (κ2) is 11.4. The molecule has 7 heteroatoms. The molecule has 72 valence electrons. The van der Waals surface area contributed by atoms with Gasteiger partial charge >= 0.3 is 29.6 Å². The fourth-order valence-electron chi connectivity index (χ4n) is 0. The first-order chi connectivity index (χ1) is 5.29. The predicted octanol–water partition coefficient (Wildman–Crippen LogP) is -1.85. The first kappa shape index (κ1) is 19.9. The molecule has 0 amide bonds. The molecule has 0 bridgehead atoms. The van der Waals surface area contributed by atoms with Crippen LogP contribution >= 0.6 is 37.1 Å². The normalized spacial score (nSPS) is 7.15. The second-order valence-electron chi connectivity index (χ2n) is 2.34. The molecule has 0 aromatic carbocycles. The van der Waals surface area contributed by atoms with E-state index in [-0.39, 0.29) is 29.6 Å². The van der Waals surface area contributed by atoms with Gasteiger partial charge in [-0.3, -0.25) is 0 Å². The standard InChI is InChI=1S/2C3H7NS2.Na/c2*1-4(2)3(5)6;/h2*1-2H3,(H,5,6);/q;;+1/p-1. The number of hydrogen-bond acceptors (Lipinski definition) is 3. The average molecular weight is 264 g/mol. The summed E-state index contributed by atoms with van der Waals surface area (Å²) in [6.45, 7) is 0. The zero-order chi connectivity index (χ0) is 10.3. The molecule has 0 aliphatic carbocycles. The fourth-order valence-corrected chi connectivity index (χ4v) is 0. The van der Waals surface area contributed by atoms with E-state index < -0.39 is 0 Å². The molecule has 0 aromatic heterocycles. The third kappa shape index (κ3) is 19.7. The molecule has 0 fully saturated rings. The summed E-state index contributed by atoms with van der Waals surface area (Å²) >= 11 is 17.6. The third-order valence-electron chi connectivity index (χ3n) is 0.748. The van der Waals surface area contributed by atoms with Gasteiger partial charge in [-0.25, -0.2) is 0 Å². The van der Waals surface area contributed by atoms with Gasteiger partial charge in [-0.05, 0) is 0 Å². The summed E-state index contributed by atoms with van der Waals surface area (Å²) in [5, 5.41) is 0. The van der Waals surface area contributed by atoms with E-state index in [2.05, 4.69) is 49.7 Å². The molecule has 0 rings (SSSR count). The Hall–Kier alpha value is 1.35. The quantitative estimate of drug-likeness (QED) is 0.237. The Kier molecular flexibility index (Phi) is 17.4. The predicted molar refractivity (Wildman–Crippen MR) is 68.9 cm³/mol. The molecule has 0 spiro atoms. The van der Waals surface area contributed by atoms with Crippen LogP contribution in [-0.4, -0.2) is 46.6 Å². The molecular weight excluding hydrogens is 251 g/mol. The number of thiocarbonyl (C=S) groups is 2. The van der Waals surface area contributed by atoms with Crippen LogP contribution in [0.1, 0.15) is 0 Å². The van der Waals surface area contributed by atoms with Crippen LogP contribution in [0.15, 0.2) is 0 Å². The SMILES string of the molecule is CN(C)C(=S)S.CN(C)C(=S)[S-].[Na+].